The van der Waals surface area contributed by atoms with E-state index in [1.807, 2.05) is 12.1 Å². The van der Waals surface area contributed by atoms with Gasteiger partial charge in [0, 0.05) is 10.2 Å². The van der Waals surface area contributed by atoms with E-state index in [0.29, 0.717) is 5.56 Å². The summed E-state index contributed by atoms with van der Waals surface area (Å²) in [7, 11) is 0. The van der Waals surface area contributed by atoms with E-state index in [9.17, 15) is 4.79 Å². The molecule has 0 saturated heterocycles. The van der Waals surface area contributed by atoms with Crippen molar-refractivity contribution in [1.82, 2.24) is 0 Å². The molecule has 2 aromatic carbocycles. The van der Waals surface area contributed by atoms with Gasteiger partial charge in [-0.05, 0) is 54.3 Å². The summed E-state index contributed by atoms with van der Waals surface area (Å²) < 4.78 is 1.17. The Morgan fingerprint density at radius 3 is 2.65 bits per heavy atom. The lowest BCUT2D eigenvalue weighted by molar-refractivity contribution is 0.0697. The highest BCUT2D eigenvalue weighted by molar-refractivity contribution is 9.10. The molecule has 1 aliphatic rings. The van der Waals surface area contributed by atoms with E-state index < -0.39 is 5.97 Å². The summed E-state index contributed by atoms with van der Waals surface area (Å²) in [6, 6.07) is 13.5. The molecular formula is C16H14BrNO2. The largest absolute Gasteiger partial charge is 0.478 e. The van der Waals surface area contributed by atoms with Gasteiger partial charge in [-0.25, -0.2) is 4.79 Å². The summed E-state index contributed by atoms with van der Waals surface area (Å²) in [6.07, 6.45) is 2.11. The Morgan fingerprint density at radius 1 is 1.20 bits per heavy atom. The molecule has 2 N–H and O–H groups in total. The maximum absolute atomic E-state index is 10.8. The van der Waals surface area contributed by atoms with E-state index in [-0.39, 0.29) is 6.04 Å². The van der Waals surface area contributed by atoms with Crippen LogP contribution in [0.4, 0.5) is 5.69 Å². The molecule has 4 heteroatoms. The molecule has 102 valence electrons. The number of aromatic carboxylic acids is 1. The molecule has 1 unspecified atom stereocenters. The van der Waals surface area contributed by atoms with Gasteiger partial charge < -0.3 is 10.4 Å². The number of hydrogen-bond acceptors (Lipinski definition) is 2. The van der Waals surface area contributed by atoms with Crippen molar-refractivity contribution in [2.45, 2.75) is 18.9 Å². The van der Waals surface area contributed by atoms with Crippen molar-refractivity contribution < 1.29 is 9.90 Å². The number of fused-ring (bicyclic) bond motifs is 1. The molecule has 20 heavy (non-hydrogen) atoms. The lowest BCUT2D eigenvalue weighted by Crippen LogP contribution is -2.07. The molecule has 3 rings (SSSR count). The first-order valence-corrected chi connectivity index (χ1v) is 7.31. The van der Waals surface area contributed by atoms with Crippen molar-refractivity contribution in [2.24, 2.45) is 0 Å². The number of hydrogen-bond donors (Lipinski definition) is 2. The van der Waals surface area contributed by atoms with Crippen LogP contribution in [-0.2, 0) is 6.42 Å². The van der Waals surface area contributed by atoms with E-state index in [2.05, 4.69) is 39.4 Å². The van der Waals surface area contributed by atoms with Crippen LogP contribution in [0.5, 0.6) is 0 Å². The minimum absolute atomic E-state index is 0.290. The maximum atomic E-state index is 10.8. The van der Waals surface area contributed by atoms with Gasteiger partial charge in [0.25, 0.3) is 0 Å². The Kier molecular flexibility index (Phi) is 3.49. The summed E-state index contributed by atoms with van der Waals surface area (Å²) in [4.78, 5) is 10.8. The molecule has 0 fully saturated rings. The fourth-order valence-electron chi connectivity index (χ4n) is 2.67. The highest BCUT2D eigenvalue weighted by atomic mass is 79.9. The monoisotopic (exact) mass is 331 g/mol. The number of benzene rings is 2. The van der Waals surface area contributed by atoms with E-state index in [1.165, 1.54) is 15.6 Å². The summed E-state index contributed by atoms with van der Waals surface area (Å²) in [6.45, 7) is 0. The van der Waals surface area contributed by atoms with Crippen LogP contribution in [0.3, 0.4) is 0 Å². The molecule has 1 aliphatic carbocycles. The molecule has 0 heterocycles. The Morgan fingerprint density at radius 2 is 1.95 bits per heavy atom. The topological polar surface area (TPSA) is 49.3 Å². The zero-order chi connectivity index (χ0) is 14.1. The second-order valence-electron chi connectivity index (χ2n) is 4.93. The molecule has 2 aromatic rings. The molecule has 0 aromatic heterocycles. The van der Waals surface area contributed by atoms with Gasteiger partial charge in [0.15, 0.2) is 0 Å². The van der Waals surface area contributed by atoms with E-state index in [4.69, 9.17) is 5.11 Å². The molecule has 0 bridgehead atoms. The first-order chi connectivity index (χ1) is 9.65. The average Bonchev–Trinajstić information content (AvgIpc) is 2.84. The number of anilines is 1. The highest BCUT2D eigenvalue weighted by Gasteiger charge is 2.23. The van der Waals surface area contributed by atoms with Gasteiger partial charge >= 0.3 is 5.97 Å². The third-order valence-electron chi connectivity index (χ3n) is 3.69. The second kappa shape index (κ2) is 5.29. The van der Waals surface area contributed by atoms with Crippen molar-refractivity contribution in [3.63, 3.8) is 0 Å². The first-order valence-electron chi connectivity index (χ1n) is 6.52. The quantitative estimate of drug-likeness (QED) is 0.884. The zero-order valence-corrected chi connectivity index (χ0v) is 12.4. The van der Waals surface area contributed by atoms with Gasteiger partial charge in [-0.1, -0.05) is 28.1 Å². The number of carboxylic acid groups (broad SMARTS) is 1. The summed E-state index contributed by atoms with van der Waals surface area (Å²) in [5, 5.41) is 12.4. The van der Waals surface area contributed by atoms with Gasteiger partial charge in [-0.2, -0.15) is 0 Å². The zero-order valence-electron chi connectivity index (χ0n) is 10.8. The van der Waals surface area contributed by atoms with Crippen LogP contribution in [0.25, 0.3) is 0 Å². The van der Waals surface area contributed by atoms with Gasteiger partial charge in [0.2, 0.25) is 0 Å². The fraction of sp³-hybridized carbons (Fsp3) is 0.188. The molecule has 1 atom stereocenters. The molecular weight excluding hydrogens is 318 g/mol. The van der Waals surface area contributed by atoms with Crippen LogP contribution in [0, 0.1) is 0 Å². The Balaban J connectivity index is 1.80. The predicted octanol–water partition coefficient (Wildman–Crippen LogP) is 4.25. The molecule has 0 aliphatic heterocycles. The molecule has 0 saturated carbocycles. The molecule has 0 spiro atoms. The molecule has 0 amide bonds. The van der Waals surface area contributed by atoms with Crippen molar-refractivity contribution in [1.29, 1.82) is 0 Å². The Bertz CT molecular complexity index is 652. The van der Waals surface area contributed by atoms with Gasteiger partial charge in [-0.15, -0.1) is 0 Å². The van der Waals surface area contributed by atoms with Crippen molar-refractivity contribution in [3.05, 3.63) is 63.6 Å². The average molecular weight is 332 g/mol. The number of nitrogens with one attached hydrogen (secondary N) is 1. The normalized spacial score (nSPS) is 16.8. The van der Waals surface area contributed by atoms with Crippen LogP contribution in [-0.4, -0.2) is 11.1 Å². The standard InChI is InChI=1S/C16H14BrNO2/c17-14-3-1-2-13-12(14)8-9-15(13)18-11-6-4-10(5-7-11)16(19)20/h1-7,15,18H,8-9H2,(H,19,20). The Hall–Kier alpha value is -1.81. The fourth-order valence-corrected chi connectivity index (χ4v) is 3.25. The lowest BCUT2D eigenvalue weighted by atomic mass is 10.1. The third kappa shape index (κ3) is 2.43. The van der Waals surface area contributed by atoms with E-state index in [1.54, 1.807) is 12.1 Å². The van der Waals surface area contributed by atoms with Gasteiger partial charge in [-0.3, -0.25) is 0 Å². The molecule has 0 radical (unpaired) electrons. The van der Waals surface area contributed by atoms with Crippen molar-refractivity contribution in [2.75, 3.05) is 5.32 Å². The third-order valence-corrected chi connectivity index (χ3v) is 4.43. The van der Waals surface area contributed by atoms with Gasteiger partial charge in [0.05, 0.1) is 11.6 Å². The number of carbonyl (C=O) groups is 1. The van der Waals surface area contributed by atoms with Crippen LogP contribution in [0.1, 0.15) is 33.9 Å². The van der Waals surface area contributed by atoms with Gasteiger partial charge in [0.1, 0.15) is 0 Å². The van der Waals surface area contributed by atoms with Crippen molar-refractivity contribution in [3.8, 4) is 0 Å². The smallest absolute Gasteiger partial charge is 0.335 e. The molecule has 3 nitrogen and oxygen atoms in total. The van der Waals surface area contributed by atoms with E-state index >= 15 is 0 Å². The van der Waals surface area contributed by atoms with Crippen molar-refractivity contribution >= 4 is 27.6 Å². The predicted molar refractivity (Wildman–Crippen MR) is 82.2 cm³/mol. The number of halogens is 1. The van der Waals surface area contributed by atoms with Crippen LogP contribution in [0.15, 0.2) is 46.9 Å². The maximum Gasteiger partial charge on any atom is 0.335 e. The number of rotatable bonds is 3. The second-order valence-corrected chi connectivity index (χ2v) is 5.78. The summed E-state index contributed by atoms with van der Waals surface area (Å²) in [5.74, 6) is -0.897. The van der Waals surface area contributed by atoms with Crippen LogP contribution >= 0.6 is 15.9 Å². The highest BCUT2D eigenvalue weighted by Crippen LogP contribution is 2.37. The Labute approximate surface area is 125 Å². The summed E-state index contributed by atoms with van der Waals surface area (Å²) >= 11 is 3.59. The summed E-state index contributed by atoms with van der Waals surface area (Å²) in [5.41, 5.74) is 3.95. The van der Waals surface area contributed by atoms with Crippen LogP contribution < -0.4 is 5.32 Å². The van der Waals surface area contributed by atoms with E-state index in [0.717, 1.165) is 18.5 Å². The minimum atomic E-state index is -0.897. The number of carboxylic acids is 1. The lowest BCUT2D eigenvalue weighted by Gasteiger charge is -2.16. The minimum Gasteiger partial charge on any atom is -0.478 e. The SMILES string of the molecule is O=C(O)c1ccc(NC2CCc3c(Br)cccc32)cc1. The first kappa shape index (κ1) is 13.2. The van der Waals surface area contributed by atoms with Crippen LogP contribution in [0.2, 0.25) is 0 Å².